The molecule has 6 heteroatoms. The molecule has 3 nitrogen and oxygen atoms in total. The second-order valence-corrected chi connectivity index (χ2v) is 4.72. The van der Waals surface area contributed by atoms with Gasteiger partial charge >= 0.3 is 6.18 Å². The van der Waals surface area contributed by atoms with E-state index in [4.69, 9.17) is 0 Å². The molecule has 21 heavy (non-hydrogen) atoms. The first-order valence-electron chi connectivity index (χ1n) is 6.84. The first kappa shape index (κ1) is 17.5. The van der Waals surface area contributed by atoms with E-state index in [9.17, 15) is 18.0 Å². The Bertz CT molecular complexity index is 434. The Kier molecular flexibility index (Phi) is 6.68. The van der Waals surface area contributed by atoms with E-state index in [0.29, 0.717) is 19.5 Å². The zero-order valence-corrected chi connectivity index (χ0v) is 12.2. The van der Waals surface area contributed by atoms with Crippen LogP contribution < -0.4 is 0 Å². The molecule has 1 unspecified atom stereocenters. The Morgan fingerprint density at radius 2 is 1.90 bits per heavy atom. The number of hydrogen-bond acceptors (Lipinski definition) is 2. The summed E-state index contributed by atoms with van der Waals surface area (Å²) in [4.78, 5) is 13.6. The third kappa shape index (κ3) is 6.62. The summed E-state index contributed by atoms with van der Waals surface area (Å²) in [6.45, 7) is 2.62. The Labute approximate surface area is 122 Å². The predicted molar refractivity (Wildman–Crippen MR) is 73.9 cm³/mol. The van der Waals surface area contributed by atoms with E-state index in [1.165, 1.54) is 11.8 Å². The molecule has 1 aromatic carbocycles. The molecule has 0 bridgehead atoms. The largest absolute Gasteiger partial charge is 0.411 e. The fourth-order valence-corrected chi connectivity index (χ4v) is 1.88. The molecular weight excluding hydrogens is 283 g/mol. The molecule has 0 heterocycles. The standard InChI is InChI=1S/C15H20F3NO2/c1-3-19(10-9-13-7-5-4-6-8-13)14(20)12(2)21-11-15(16,17)18/h4-8,12H,3,9-11H2,1-2H3. The highest BCUT2D eigenvalue weighted by molar-refractivity contribution is 5.80. The molecule has 0 aliphatic heterocycles. The van der Waals surface area contributed by atoms with Crippen LogP contribution >= 0.6 is 0 Å². The summed E-state index contributed by atoms with van der Waals surface area (Å²) in [7, 11) is 0. The zero-order valence-electron chi connectivity index (χ0n) is 12.2. The van der Waals surface area contributed by atoms with Crippen molar-refractivity contribution in [2.24, 2.45) is 0 Å². The molecule has 0 aromatic heterocycles. The second-order valence-electron chi connectivity index (χ2n) is 4.72. The second kappa shape index (κ2) is 8.02. The maximum Gasteiger partial charge on any atom is 0.411 e. The fraction of sp³-hybridized carbons (Fsp3) is 0.533. The molecule has 0 saturated carbocycles. The van der Waals surface area contributed by atoms with Gasteiger partial charge in [-0.05, 0) is 25.8 Å². The molecular formula is C15H20F3NO2. The molecule has 0 radical (unpaired) electrons. The third-order valence-electron chi connectivity index (χ3n) is 3.05. The Balaban J connectivity index is 2.48. The van der Waals surface area contributed by atoms with Crippen LogP contribution in [0.2, 0.25) is 0 Å². The number of amides is 1. The minimum absolute atomic E-state index is 0.419. The van der Waals surface area contributed by atoms with Crippen molar-refractivity contribution >= 4 is 5.91 Å². The number of alkyl halides is 3. The number of hydrogen-bond donors (Lipinski definition) is 0. The summed E-state index contributed by atoms with van der Waals surface area (Å²) in [5.41, 5.74) is 1.08. The van der Waals surface area contributed by atoms with Crippen LogP contribution in [0.4, 0.5) is 13.2 Å². The average molecular weight is 303 g/mol. The lowest BCUT2D eigenvalue weighted by Gasteiger charge is -2.24. The topological polar surface area (TPSA) is 29.5 Å². The van der Waals surface area contributed by atoms with Gasteiger partial charge in [-0.3, -0.25) is 4.79 Å². The number of likely N-dealkylation sites (N-methyl/N-ethyl adjacent to an activating group) is 1. The van der Waals surface area contributed by atoms with Gasteiger partial charge in [-0.25, -0.2) is 0 Å². The van der Waals surface area contributed by atoms with Crippen LogP contribution in [0, 0.1) is 0 Å². The van der Waals surface area contributed by atoms with Gasteiger partial charge in [0.15, 0.2) is 0 Å². The van der Waals surface area contributed by atoms with Crippen molar-refractivity contribution in [2.45, 2.75) is 32.5 Å². The molecule has 0 aliphatic rings. The van der Waals surface area contributed by atoms with Crippen molar-refractivity contribution in [3.8, 4) is 0 Å². The number of ether oxygens (including phenoxy) is 1. The number of carbonyl (C=O) groups excluding carboxylic acids is 1. The SMILES string of the molecule is CCN(CCc1ccccc1)C(=O)C(C)OCC(F)(F)F. The van der Waals surface area contributed by atoms with Crippen LogP contribution in [-0.4, -0.2) is 42.8 Å². The van der Waals surface area contributed by atoms with Gasteiger partial charge in [0.2, 0.25) is 0 Å². The van der Waals surface area contributed by atoms with Crippen LogP contribution in [0.3, 0.4) is 0 Å². The zero-order chi connectivity index (χ0) is 15.9. The van der Waals surface area contributed by atoms with E-state index in [2.05, 4.69) is 4.74 Å². The number of benzene rings is 1. The quantitative estimate of drug-likeness (QED) is 0.775. The highest BCUT2D eigenvalue weighted by Gasteiger charge is 2.30. The first-order valence-corrected chi connectivity index (χ1v) is 6.84. The number of carbonyl (C=O) groups is 1. The van der Waals surface area contributed by atoms with Crippen molar-refractivity contribution in [1.82, 2.24) is 4.90 Å². The summed E-state index contributed by atoms with van der Waals surface area (Å²) in [6, 6.07) is 9.61. The van der Waals surface area contributed by atoms with E-state index in [1.54, 1.807) is 6.92 Å². The molecule has 0 saturated heterocycles. The smallest absolute Gasteiger partial charge is 0.359 e. The van der Waals surface area contributed by atoms with Gasteiger partial charge in [0.05, 0.1) is 0 Å². The van der Waals surface area contributed by atoms with Crippen molar-refractivity contribution < 1.29 is 22.7 Å². The number of nitrogens with zero attached hydrogens (tertiary/aromatic N) is 1. The molecule has 1 aromatic rings. The van der Waals surface area contributed by atoms with Gasteiger partial charge in [-0.2, -0.15) is 13.2 Å². The van der Waals surface area contributed by atoms with Gasteiger partial charge < -0.3 is 9.64 Å². The summed E-state index contributed by atoms with van der Waals surface area (Å²) < 4.78 is 40.8. The van der Waals surface area contributed by atoms with Crippen LogP contribution in [0.15, 0.2) is 30.3 Å². The highest BCUT2D eigenvalue weighted by atomic mass is 19.4. The molecule has 1 atom stereocenters. The monoisotopic (exact) mass is 303 g/mol. The van der Waals surface area contributed by atoms with Crippen molar-refractivity contribution in [3.63, 3.8) is 0 Å². The fourth-order valence-electron chi connectivity index (χ4n) is 1.88. The maximum absolute atomic E-state index is 12.1. The molecule has 0 aliphatic carbocycles. The lowest BCUT2D eigenvalue weighted by atomic mass is 10.1. The van der Waals surface area contributed by atoms with E-state index in [1.807, 2.05) is 30.3 Å². The average Bonchev–Trinajstić information content (AvgIpc) is 2.45. The summed E-state index contributed by atoms with van der Waals surface area (Å²) in [5.74, 6) is -0.419. The van der Waals surface area contributed by atoms with Crippen molar-refractivity contribution in [3.05, 3.63) is 35.9 Å². The van der Waals surface area contributed by atoms with Gasteiger partial charge in [0.1, 0.15) is 12.7 Å². The van der Waals surface area contributed by atoms with Crippen LogP contribution in [0.5, 0.6) is 0 Å². The van der Waals surface area contributed by atoms with Gasteiger partial charge in [-0.1, -0.05) is 30.3 Å². The Hall–Kier alpha value is -1.56. The van der Waals surface area contributed by atoms with E-state index in [-0.39, 0.29) is 0 Å². The van der Waals surface area contributed by atoms with Crippen molar-refractivity contribution in [2.75, 3.05) is 19.7 Å². The number of halogens is 3. The van der Waals surface area contributed by atoms with E-state index < -0.39 is 24.8 Å². The highest BCUT2D eigenvalue weighted by Crippen LogP contribution is 2.16. The summed E-state index contributed by atoms with van der Waals surface area (Å²) in [6.07, 6.45) is -4.86. The van der Waals surface area contributed by atoms with E-state index in [0.717, 1.165) is 5.56 Å². The van der Waals surface area contributed by atoms with Crippen LogP contribution in [-0.2, 0) is 16.0 Å². The normalized spacial score (nSPS) is 13.0. The van der Waals surface area contributed by atoms with Crippen LogP contribution in [0.1, 0.15) is 19.4 Å². The molecule has 1 amide bonds. The maximum atomic E-state index is 12.1. The van der Waals surface area contributed by atoms with Crippen molar-refractivity contribution in [1.29, 1.82) is 0 Å². The Morgan fingerprint density at radius 1 is 1.29 bits per heavy atom. The molecule has 0 N–H and O–H groups in total. The van der Waals surface area contributed by atoms with Crippen LogP contribution in [0.25, 0.3) is 0 Å². The minimum Gasteiger partial charge on any atom is -0.359 e. The van der Waals surface area contributed by atoms with Gasteiger partial charge in [0, 0.05) is 13.1 Å². The van der Waals surface area contributed by atoms with E-state index >= 15 is 0 Å². The molecule has 0 fully saturated rings. The van der Waals surface area contributed by atoms with Gasteiger partial charge in [0.25, 0.3) is 5.91 Å². The molecule has 1 rings (SSSR count). The Morgan fingerprint density at radius 3 is 2.43 bits per heavy atom. The lowest BCUT2D eigenvalue weighted by Crippen LogP contribution is -2.41. The summed E-state index contributed by atoms with van der Waals surface area (Å²) >= 11 is 0. The predicted octanol–water partition coefficient (Wildman–Crippen LogP) is 3.05. The third-order valence-corrected chi connectivity index (χ3v) is 3.05. The lowest BCUT2D eigenvalue weighted by molar-refractivity contribution is -0.188. The molecule has 0 spiro atoms. The summed E-state index contributed by atoms with van der Waals surface area (Å²) in [5, 5.41) is 0. The molecule has 118 valence electrons. The minimum atomic E-state index is -4.42. The number of rotatable bonds is 7. The first-order chi connectivity index (χ1) is 9.83. The van der Waals surface area contributed by atoms with Gasteiger partial charge in [-0.15, -0.1) is 0 Å².